The Bertz CT molecular complexity index is 1170. The van der Waals surface area contributed by atoms with Gasteiger partial charge in [0.25, 0.3) is 0 Å². The minimum Gasteiger partial charge on any atom is -0.469 e. The summed E-state index contributed by atoms with van der Waals surface area (Å²) in [4.78, 5) is 25.3. The van der Waals surface area contributed by atoms with E-state index in [1.54, 1.807) is 13.8 Å². The molecule has 0 spiro atoms. The number of esters is 2. The van der Waals surface area contributed by atoms with Gasteiger partial charge >= 0.3 is 11.9 Å². The van der Waals surface area contributed by atoms with Gasteiger partial charge in [0.15, 0.2) is 0 Å². The van der Waals surface area contributed by atoms with Gasteiger partial charge in [-0.05, 0) is 131 Å². The molecule has 0 aromatic carbocycles. The van der Waals surface area contributed by atoms with Gasteiger partial charge in [0, 0.05) is 10.8 Å². The van der Waals surface area contributed by atoms with Gasteiger partial charge < -0.3 is 9.47 Å². The number of hydrogen-bond donors (Lipinski definition) is 0. The zero-order valence-electron chi connectivity index (χ0n) is 28.2. The summed E-state index contributed by atoms with van der Waals surface area (Å²) in [6.45, 7) is 22.8. The first-order chi connectivity index (χ1) is 19.4. The van der Waals surface area contributed by atoms with Crippen molar-refractivity contribution >= 4 is 11.9 Å². The molecule has 5 saturated carbocycles. The van der Waals surface area contributed by atoms with E-state index in [0.29, 0.717) is 29.6 Å². The summed E-state index contributed by atoms with van der Waals surface area (Å²) in [7, 11) is 1.37. The molecule has 0 heterocycles. The summed E-state index contributed by atoms with van der Waals surface area (Å²) >= 11 is 0. The maximum Gasteiger partial charge on any atom is 0.311 e. The van der Waals surface area contributed by atoms with E-state index in [2.05, 4.69) is 54.0 Å². The Balaban J connectivity index is 1.40. The summed E-state index contributed by atoms with van der Waals surface area (Å²) in [5.41, 5.74) is 1.15. The van der Waals surface area contributed by atoms with Crippen LogP contribution in [0.25, 0.3) is 0 Å². The fourth-order valence-corrected chi connectivity index (χ4v) is 12.5. The van der Waals surface area contributed by atoms with Crippen LogP contribution in [0.4, 0.5) is 0 Å². The Morgan fingerprint density at radius 3 is 2.21 bits per heavy atom. The maximum absolute atomic E-state index is 13.1. The van der Waals surface area contributed by atoms with Crippen LogP contribution in [0, 0.1) is 74.4 Å². The molecule has 5 aliphatic carbocycles. The average molecular weight is 579 g/mol. The Morgan fingerprint density at radius 2 is 1.60 bits per heavy atom. The third-order valence-electron chi connectivity index (χ3n) is 14.9. The Kier molecular flexibility index (Phi) is 7.64. The molecule has 0 aromatic heterocycles. The Labute approximate surface area is 256 Å². The van der Waals surface area contributed by atoms with E-state index in [-0.39, 0.29) is 51.5 Å². The van der Waals surface area contributed by atoms with Crippen LogP contribution in [0.3, 0.4) is 0 Å². The van der Waals surface area contributed by atoms with Gasteiger partial charge in [0.2, 0.25) is 0 Å². The van der Waals surface area contributed by atoms with Crippen molar-refractivity contribution in [1.82, 2.24) is 0 Å². The highest BCUT2D eigenvalue weighted by atomic mass is 16.5. The van der Waals surface area contributed by atoms with Crippen molar-refractivity contribution in [1.29, 1.82) is 0 Å². The van der Waals surface area contributed by atoms with Crippen LogP contribution in [0.1, 0.15) is 126 Å². The summed E-state index contributed by atoms with van der Waals surface area (Å²) < 4.78 is 11.2. The molecule has 0 amide bonds. The topological polar surface area (TPSA) is 52.6 Å². The number of allylic oxidation sites excluding steroid dienone is 1. The SMILES string of the molecule is C#C[C@]12CCC(C(=C)C)C1C1CCC3[C@@]4(C)CCC(OC(=O)CC(C)(C)C(=O)OC)C(C)(C)C4CC[C@@]3(C)[C@]1(C)CC2. The van der Waals surface area contributed by atoms with E-state index in [1.165, 1.54) is 64.0 Å². The highest BCUT2D eigenvalue weighted by Gasteiger charge is 2.71. The van der Waals surface area contributed by atoms with Crippen LogP contribution in [0.15, 0.2) is 12.2 Å². The second-order valence-electron chi connectivity index (χ2n) is 17.4. The minimum absolute atomic E-state index is 0.0418. The third kappa shape index (κ3) is 4.29. The predicted molar refractivity (Wildman–Crippen MR) is 168 cm³/mol. The molecule has 6 unspecified atom stereocenters. The van der Waals surface area contributed by atoms with Gasteiger partial charge in [-0.2, -0.15) is 0 Å². The molecule has 0 N–H and O–H groups in total. The van der Waals surface area contributed by atoms with Crippen molar-refractivity contribution in [3.8, 4) is 12.3 Å². The van der Waals surface area contributed by atoms with E-state index in [1.807, 2.05) is 0 Å². The first-order valence-electron chi connectivity index (χ1n) is 16.8. The molecule has 0 radical (unpaired) electrons. The first kappa shape index (κ1) is 31.7. The molecule has 0 saturated heterocycles. The van der Waals surface area contributed by atoms with Crippen molar-refractivity contribution in [2.24, 2.45) is 62.1 Å². The van der Waals surface area contributed by atoms with E-state index < -0.39 is 5.41 Å². The number of fused-ring (bicyclic) bond motifs is 7. The average Bonchev–Trinajstić information content (AvgIpc) is 3.30. The molecule has 0 bridgehead atoms. The van der Waals surface area contributed by atoms with Crippen molar-refractivity contribution in [3.05, 3.63) is 12.2 Å². The number of terminal acetylenes is 1. The Hall–Kier alpha value is -1.76. The zero-order valence-corrected chi connectivity index (χ0v) is 28.2. The highest BCUT2D eigenvalue weighted by molar-refractivity contribution is 5.82. The smallest absolute Gasteiger partial charge is 0.311 e. The lowest BCUT2D eigenvalue weighted by Gasteiger charge is -2.72. The lowest BCUT2D eigenvalue weighted by molar-refractivity contribution is -0.247. The first-order valence-corrected chi connectivity index (χ1v) is 16.8. The van der Waals surface area contributed by atoms with Crippen LogP contribution in [-0.2, 0) is 19.1 Å². The van der Waals surface area contributed by atoms with E-state index >= 15 is 0 Å². The molecule has 4 heteroatoms. The molecule has 0 aromatic rings. The highest BCUT2D eigenvalue weighted by Crippen LogP contribution is 2.77. The zero-order chi connectivity index (χ0) is 31.1. The molecule has 234 valence electrons. The van der Waals surface area contributed by atoms with Crippen molar-refractivity contribution in [3.63, 3.8) is 0 Å². The quantitative estimate of drug-likeness (QED) is 0.186. The number of hydrogen-bond acceptors (Lipinski definition) is 4. The molecule has 5 aliphatic rings. The molecule has 5 rings (SSSR count). The van der Waals surface area contributed by atoms with Gasteiger partial charge in [-0.1, -0.05) is 52.7 Å². The number of methoxy groups -OCH3 is 1. The summed E-state index contributed by atoms with van der Waals surface area (Å²) in [5, 5.41) is 0. The summed E-state index contributed by atoms with van der Waals surface area (Å²) in [6.07, 6.45) is 18.0. The summed E-state index contributed by atoms with van der Waals surface area (Å²) in [5.74, 6) is 5.68. The van der Waals surface area contributed by atoms with Crippen LogP contribution >= 0.6 is 0 Å². The largest absolute Gasteiger partial charge is 0.469 e. The second-order valence-corrected chi connectivity index (χ2v) is 17.4. The van der Waals surface area contributed by atoms with Gasteiger partial charge in [-0.25, -0.2) is 0 Å². The normalized spacial score (nSPS) is 45.7. The molecule has 42 heavy (non-hydrogen) atoms. The number of ether oxygens (including phenoxy) is 2. The second kappa shape index (κ2) is 10.1. The lowest BCUT2D eigenvalue weighted by Crippen LogP contribution is -2.66. The van der Waals surface area contributed by atoms with Gasteiger partial charge in [0.05, 0.1) is 18.9 Å². The molecular formula is C38H58O4. The minimum atomic E-state index is -0.890. The number of carbonyl (C=O) groups excluding carboxylic acids is 2. The summed E-state index contributed by atoms with van der Waals surface area (Å²) in [6, 6.07) is 0. The van der Waals surface area contributed by atoms with Crippen molar-refractivity contribution < 1.29 is 19.1 Å². The van der Waals surface area contributed by atoms with E-state index in [4.69, 9.17) is 15.9 Å². The van der Waals surface area contributed by atoms with Crippen molar-refractivity contribution in [2.75, 3.05) is 7.11 Å². The Morgan fingerprint density at radius 1 is 0.905 bits per heavy atom. The number of rotatable bonds is 5. The van der Waals surface area contributed by atoms with Crippen molar-refractivity contribution in [2.45, 2.75) is 132 Å². The van der Waals surface area contributed by atoms with Crippen LogP contribution in [0.5, 0.6) is 0 Å². The van der Waals surface area contributed by atoms with Gasteiger partial charge in [-0.3, -0.25) is 9.59 Å². The fourth-order valence-electron chi connectivity index (χ4n) is 12.5. The monoisotopic (exact) mass is 578 g/mol. The lowest BCUT2D eigenvalue weighted by atomic mass is 9.32. The molecule has 0 aliphatic heterocycles. The van der Waals surface area contributed by atoms with Crippen LogP contribution < -0.4 is 0 Å². The van der Waals surface area contributed by atoms with Crippen LogP contribution in [-0.4, -0.2) is 25.2 Å². The standard InChI is InChI=1S/C38H58O4/c1-12-38-20-15-25(24(2)3)31(38)26-13-14-28-35(8)18-17-29(42-30(39)23-33(4,5)32(40)41-11)34(6,7)27(35)16-19-37(28,10)36(26,9)21-22-38/h1,25-29,31H,2,13-23H2,3-11H3/t25?,26?,27?,28?,29?,31?,35-,36+,37+,38+/m0/s1. The maximum atomic E-state index is 13.1. The molecule has 4 nitrogen and oxygen atoms in total. The van der Waals surface area contributed by atoms with Gasteiger partial charge in [0.1, 0.15) is 6.10 Å². The molecular weight excluding hydrogens is 520 g/mol. The predicted octanol–water partition coefficient (Wildman–Crippen LogP) is 8.78. The van der Waals surface area contributed by atoms with Crippen LogP contribution in [0.2, 0.25) is 0 Å². The van der Waals surface area contributed by atoms with E-state index in [0.717, 1.165) is 12.8 Å². The van der Waals surface area contributed by atoms with E-state index in [9.17, 15) is 9.59 Å². The fraction of sp³-hybridized carbons (Fsp3) is 0.842. The number of carbonyl (C=O) groups is 2. The third-order valence-corrected chi connectivity index (χ3v) is 14.9. The molecule has 10 atom stereocenters. The van der Waals surface area contributed by atoms with Gasteiger partial charge in [-0.15, -0.1) is 6.42 Å². The molecule has 5 fully saturated rings.